The SMILES string of the molecule is CC1CCN(Cc2ccc(C(=O)Nc3ccc(C(F)(F)F)cc3)cc2)CC1. The van der Waals surface area contributed by atoms with Crippen LogP contribution >= 0.6 is 0 Å². The molecule has 0 aliphatic carbocycles. The second-order valence-electron chi connectivity index (χ2n) is 7.18. The summed E-state index contributed by atoms with van der Waals surface area (Å²) in [6.45, 7) is 5.34. The minimum Gasteiger partial charge on any atom is -0.322 e. The summed E-state index contributed by atoms with van der Waals surface area (Å²) in [6, 6.07) is 11.8. The third kappa shape index (κ3) is 5.32. The van der Waals surface area contributed by atoms with Gasteiger partial charge in [0.15, 0.2) is 0 Å². The van der Waals surface area contributed by atoms with Gasteiger partial charge < -0.3 is 5.32 Å². The lowest BCUT2D eigenvalue weighted by Gasteiger charge is -2.30. The van der Waals surface area contributed by atoms with E-state index < -0.39 is 11.7 Å². The van der Waals surface area contributed by atoms with E-state index in [1.807, 2.05) is 12.1 Å². The van der Waals surface area contributed by atoms with Crippen molar-refractivity contribution < 1.29 is 18.0 Å². The molecule has 0 aromatic heterocycles. The highest BCUT2D eigenvalue weighted by atomic mass is 19.4. The van der Waals surface area contributed by atoms with Crippen molar-refractivity contribution in [2.75, 3.05) is 18.4 Å². The lowest BCUT2D eigenvalue weighted by Crippen LogP contribution is -2.32. The van der Waals surface area contributed by atoms with E-state index in [1.165, 1.54) is 25.0 Å². The fourth-order valence-electron chi connectivity index (χ4n) is 3.19. The van der Waals surface area contributed by atoms with Gasteiger partial charge in [0.1, 0.15) is 0 Å². The summed E-state index contributed by atoms with van der Waals surface area (Å²) < 4.78 is 37.7. The van der Waals surface area contributed by atoms with Crippen LogP contribution in [0.25, 0.3) is 0 Å². The van der Waals surface area contributed by atoms with Crippen LogP contribution in [0.4, 0.5) is 18.9 Å². The van der Waals surface area contributed by atoms with Gasteiger partial charge >= 0.3 is 6.18 Å². The Kier molecular flexibility index (Phi) is 5.85. The van der Waals surface area contributed by atoms with Crippen LogP contribution in [0, 0.1) is 5.92 Å². The highest BCUT2D eigenvalue weighted by Gasteiger charge is 2.30. The summed E-state index contributed by atoms with van der Waals surface area (Å²) in [5.74, 6) is 0.450. The van der Waals surface area contributed by atoms with Gasteiger partial charge in [-0.2, -0.15) is 13.2 Å². The van der Waals surface area contributed by atoms with E-state index in [-0.39, 0.29) is 5.91 Å². The molecule has 0 unspecified atom stereocenters. The molecule has 1 heterocycles. The number of benzene rings is 2. The van der Waals surface area contributed by atoms with Crippen LogP contribution in [0.15, 0.2) is 48.5 Å². The van der Waals surface area contributed by atoms with E-state index in [4.69, 9.17) is 0 Å². The molecule has 0 bridgehead atoms. The van der Waals surface area contributed by atoms with Gasteiger partial charge in [-0.25, -0.2) is 0 Å². The minimum atomic E-state index is -4.38. The summed E-state index contributed by atoms with van der Waals surface area (Å²) in [5.41, 5.74) is 1.22. The lowest BCUT2D eigenvalue weighted by atomic mass is 9.99. The molecule has 0 spiro atoms. The Morgan fingerprint density at radius 2 is 1.63 bits per heavy atom. The first kappa shape index (κ1) is 19.4. The number of carbonyl (C=O) groups is 1. The molecule has 3 rings (SSSR count). The Bertz CT molecular complexity index is 762. The van der Waals surface area contributed by atoms with E-state index in [0.717, 1.165) is 43.2 Å². The normalized spacial score (nSPS) is 16.3. The zero-order valence-electron chi connectivity index (χ0n) is 15.2. The molecular formula is C21H23F3N2O. The average Bonchev–Trinajstić information content (AvgIpc) is 2.64. The molecule has 144 valence electrons. The highest BCUT2D eigenvalue weighted by Crippen LogP contribution is 2.29. The Hall–Kier alpha value is -2.34. The molecule has 6 heteroatoms. The molecule has 1 fully saturated rings. The van der Waals surface area contributed by atoms with E-state index >= 15 is 0 Å². The van der Waals surface area contributed by atoms with Gasteiger partial charge in [-0.3, -0.25) is 9.69 Å². The summed E-state index contributed by atoms with van der Waals surface area (Å²) in [7, 11) is 0. The molecule has 2 aromatic rings. The largest absolute Gasteiger partial charge is 0.416 e. The monoisotopic (exact) mass is 376 g/mol. The number of rotatable bonds is 4. The second-order valence-corrected chi connectivity index (χ2v) is 7.18. The van der Waals surface area contributed by atoms with Crippen LogP contribution in [0.1, 0.15) is 41.3 Å². The van der Waals surface area contributed by atoms with Gasteiger partial charge in [0.05, 0.1) is 5.56 Å². The van der Waals surface area contributed by atoms with Crippen molar-refractivity contribution in [1.29, 1.82) is 0 Å². The van der Waals surface area contributed by atoms with Crippen molar-refractivity contribution in [2.45, 2.75) is 32.5 Å². The van der Waals surface area contributed by atoms with Crippen molar-refractivity contribution >= 4 is 11.6 Å². The van der Waals surface area contributed by atoms with Crippen LogP contribution in [-0.4, -0.2) is 23.9 Å². The van der Waals surface area contributed by atoms with Crippen molar-refractivity contribution in [1.82, 2.24) is 4.90 Å². The van der Waals surface area contributed by atoms with Crippen molar-refractivity contribution in [3.8, 4) is 0 Å². The summed E-state index contributed by atoms with van der Waals surface area (Å²) in [4.78, 5) is 14.7. The fraction of sp³-hybridized carbons (Fsp3) is 0.381. The molecular weight excluding hydrogens is 353 g/mol. The molecule has 1 N–H and O–H groups in total. The minimum absolute atomic E-state index is 0.333. The maximum Gasteiger partial charge on any atom is 0.416 e. The van der Waals surface area contributed by atoms with Crippen LogP contribution in [0.3, 0.4) is 0 Å². The molecule has 1 aliphatic rings. The summed E-state index contributed by atoms with van der Waals surface area (Å²) in [6.07, 6.45) is -1.95. The first-order valence-electron chi connectivity index (χ1n) is 9.11. The predicted octanol–water partition coefficient (Wildman–Crippen LogP) is 5.19. The summed E-state index contributed by atoms with van der Waals surface area (Å²) >= 11 is 0. The van der Waals surface area contributed by atoms with Crippen LogP contribution in [0.2, 0.25) is 0 Å². The second kappa shape index (κ2) is 8.13. The predicted molar refractivity (Wildman–Crippen MR) is 99.5 cm³/mol. The first-order chi connectivity index (χ1) is 12.8. The Morgan fingerprint density at radius 1 is 1.04 bits per heavy atom. The zero-order valence-corrected chi connectivity index (χ0v) is 15.2. The number of nitrogens with one attached hydrogen (secondary N) is 1. The van der Waals surface area contributed by atoms with E-state index in [0.29, 0.717) is 11.3 Å². The number of hydrogen-bond acceptors (Lipinski definition) is 2. The topological polar surface area (TPSA) is 32.3 Å². The molecule has 2 aromatic carbocycles. The number of nitrogens with zero attached hydrogens (tertiary/aromatic N) is 1. The van der Waals surface area contributed by atoms with Gasteiger partial charge in [-0.15, -0.1) is 0 Å². The van der Waals surface area contributed by atoms with Gasteiger partial charge in [0.25, 0.3) is 5.91 Å². The van der Waals surface area contributed by atoms with Gasteiger partial charge in [-0.05, 0) is 73.8 Å². The number of likely N-dealkylation sites (tertiary alicyclic amines) is 1. The molecule has 3 nitrogen and oxygen atoms in total. The van der Waals surface area contributed by atoms with Gasteiger partial charge in [0.2, 0.25) is 0 Å². The number of anilines is 1. The molecule has 1 amide bonds. The number of halogens is 3. The maximum absolute atomic E-state index is 12.6. The van der Waals surface area contributed by atoms with Crippen LogP contribution in [-0.2, 0) is 12.7 Å². The Labute approximate surface area is 157 Å². The summed E-state index contributed by atoms with van der Waals surface area (Å²) in [5, 5.41) is 2.63. The molecule has 1 saturated heterocycles. The molecule has 1 aliphatic heterocycles. The van der Waals surface area contributed by atoms with Crippen LogP contribution in [0.5, 0.6) is 0 Å². The Morgan fingerprint density at radius 3 is 2.19 bits per heavy atom. The molecule has 27 heavy (non-hydrogen) atoms. The van der Waals surface area contributed by atoms with Crippen LogP contribution < -0.4 is 5.32 Å². The number of alkyl halides is 3. The van der Waals surface area contributed by atoms with Crippen molar-refractivity contribution in [2.24, 2.45) is 5.92 Å². The fourth-order valence-corrected chi connectivity index (χ4v) is 3.19. The maximum atomic E-state index is 12.6. The van der Waals surface area contributed by atoms with Crippen molar-refractivity contribution in [3.05, 3.63) is 65.2 Å². The van der Waals surface area contributed by atoms with E-state index in [1.54, 1.807) is 12.1 Å². The molecule has 0 saturated carbocycles. The standard InChI is InChI=1S/C21H23F3N2O/c1-15-10-12-26(13-11-15)14-16-2-4-17(5-3-16)20(27)25-19-8-6-18(7-9-19)21(22,23)24/h2-9,15H,10-14H2,1H3,(H,25,27). The average molecular weight is 376 g/mol. The zero-order chi connectivity index (χ0) is 19.4. The molecule has 0 radical (unpaired) electrons. The van der Waals surface area contributed by atoms with Crippen molar-refractivity contribution in [3.63, 3.8) is 0 Å². The number of piperidine rings is 1. The highest BCUT2D eigenvalue weighted by molar-refractivity contribution is 6.04. The number of amides is 1. The van der Waals surface area contributed by atoms with E-state index in [2.05, 4.69) is 17.1 Å². The lowest BCUT2D eigenvalue weighted by molar-refractivity contribution is -0.137. The quantitative estimate of drug-likeness (QED) is 0.796. The number of hydrogen-bond donors (Lipinski definition) is 1. The first-order valence-corrected chi connectivity index (χ1v) is 9.11. The number of carbonyl (C=O) groups excluding carboxylic acids is 1. The van der Waals surface area contributed by atoms with Gasteiger partial charge in [-0.1, -0.05) is 19.1 Å². The van der Waals surface area contributed by atoms with E-state index in [9.17, 15) is 18.0 Å². The smallest absolute Gasteiger partial charge is 0.322 e. The Balaban J connectivity index is 1.57. The molecule has 0 atom stereocenters. The third-order valence-electron chi connectivity index (χ3n) is 4.97. The third-order valence-corrected chi connectivity index (χ3v) is 4.97. The van der Waals surface area contributed by atoms with Gasteiger partial charge in [0, 0.05) is 17.8 Å².